The minimum absolute atomic E-state index is 0.104. The van der Waals surface area contributed by atoms with Gasteiger partial charge in [-0.05, 0) is 13.0 Å². The van der Waals surface area contributed by atoms with Crippen LogP contribution >= 0.6 is 11.3 Å². The van der Waals surface area contributed by atoms with Crippen molar-refractivity contribution >= 4 is 28.0 Å². The second-order valence-corrected chi connectivity index (χ2v) is 6.25. The molecular weight excluding hydrogens is 378 g/mol. The van der Waals surface area contributed by atoms with Crippen molar-refractivity contribution in [1.82, 2.24) is 24.6 Å². The molecule has 1 N–H and O–H groups in total. The molecule has 4 aromatic rings. The summed E-state index contributed by atoms with van der Waals surface area (Å²) in [6.45, 7) is 1.67. The molecule has 8 nitrogen and oxygen atoms in total. The van der Waals surface area contributed by atoms with Gasteiger partial charge < -0.3 is 4.74 Å². The molecule has 4 rings (SSSR count). The highest BCUT2D eigenvalue weighted by atomic mass is 32.1. The molecule has 0 aromatic carbocycles. The summed E-state index contributed by atoms with van der Waals surface area (Å²) >= 11 is 0.949. The summed E-state index contributed by atoms with van der Waals surface area (Å²) in [5.74, 6) is -1.00. The van der Waals surface area contributed by atoms with Crippen molar-refractivity contribution in [2.45, 2.75) is 6.92 Å². The summed E-state index contributed by atoms with van der Waals surface area (Å²) < 4.78 is 33.3. The summed E-state index contributed by atoms with van der Waals surface area (Å²) in [6.07, 6.45) is 3.88. The number of hydrogen-bond acceptors (Lipinski definition) is 7. The molecule has 0 saturated heterocycles. The van der Waals surface area contributed by atoms with Crippen molar-refractivity contribution in [1.29, 1.82) is 0 Å². The Morgan fingerprint density at radius 2 is 2.07 bits per heavy atom. The van der Waals surface area contributed by atoms with Gasteiger partial charge in [-0.3, -0.25) is 15.1 Å². The van der Waals surface area contributed by atoms with E-state index in [-0.39, 0.29) is 27.8 Å². The third kappa shape index (κ3) is 3.58. The van der Waals surface area contributed by atoms with Crippen LogP contribution in [-0.2, 0) is 0 Å². The first kappa shape index (κ1) is 17.0. The van der Waals surface area contributed by atoms with Gasteiger partial charge in [-0.25, -0.2) is 13.9 Å². The Kier molecular flexibility index (Phi) is 4.20. The number of anilines is 1. The topological polar surface area (TPSA) is 94.3 Å². The lowest BCUT2D eigenvalue weighted by atomic mass is 10.2. The molecular formula is C16H10F2N6O2S. The normalized spacial score (nSPS) is 10.9. The van der Waals surface area contributed by atoms with Gasteiger partial charge in [0.1, 0.15) is 23.1 Å². The molecule has 1 amide bonds. The molecule has 0 radical (unpaired) electrons. The smallest absolute Gasteiger partial charge is 0.261 e. The van der Waals surface area contributed by atoms with Crippen LogP contribution in [0.2, 0.25) is 0 Å². The zero-order valence-corrected chi connectivity index (χ0v) is 14.5. The molecule has 0 aliphatic carbocycles. The van der Waals surface area contributed by atoms with Crippen LogP contribution in [0.3, 0.4) is 0 Å². The predicted molar refractivity (Wildman–Crippen MR) is 92.0 cm³/mol. The Morgan fingerprint density at radius 1 is 1.22 bits per heavy atom. The second kappa shape index (κ2) is 6.68. The summed E-state index contributed by atoms with van der Waals surface area (Å²) in [5.41, 5.74) is 0.416. The lowest BCUT2D eigenvalue weighted by Crippen LogP contribution is -2.14. The van der Waals surface area contributed by atoms with Crippen LogP contribution in [0.4, 0.5) is 13.9 Å². The van der Waals surface area contributed by atoms with E-state index in [9.17, 15) is 13.6 Å². The molecule has 27 heavy (non-hydrogen) atoms. The van der Waals surface area contributed by atoms with E-state index in [2.05, 4.69) is 25.4 Å². The third-order valence-electron chi connectivity index (χ3n) is 3.37. The monoisotopic (exact) mass is 388 g/mol. The van der Waals surface area contributed by atoms with Gasteiger partial charge in [-0.15, -0.1) is 11.3 Å². The molecule has 0 spiro atoms. The number of fused-ring (bicyclic) bond motifs is 1. The molecule has 0 aliphatic rings. The fourth-order valence-corrected chi connectivity index (χ4v) is 2.90. The van der Waals surface area contributed by atoms with Gasteiger partial charge in [0.05, 0.1) is 24.2 Å². The number of nitrogens with one attached hydrogen (secondary N) is 1. The van der Waals surface area contributed by atoms with E-state index in [1.54, 1.807) is 6.92 Å². The number of pyridine rings is 2. The number of aromatic nitrogens is 5. The van der Waals surface area contributed by atoms with Gasteiger partial charge in [0.2, 0.25) is 5.95 Å². The fraction of sp³-hybridized carbons (Fsp3) is 0.0625. The maximum atomic E-state index is 13.3. The highest BCUT2D eigenvalue weighted by Gasteiger charge is 2.18. The summed E-state index contributed by atoms with van der Waals surface area (Å²) in [4.78, 5) is 24.1. The number of aryl methyl sites for hydroxylation is 1. The number of carbonyl (C=O) groups excluding carboxylic acids is 1. The van der Waals surface area contributed by atoms with Crippen molar-refractivity contribution in [3.8, 4) is 11.5 Å². The average Bonchev–Trinajstić information content (AvgIpc) is 3.18. The Balaban J connectivity index is 1.72. The Hall–Kier alpha value is -3.47. The number of thiazole rings is 1. The Labute approximate surface area is 154 Å². The standard InChI is InChI=1S/C16H10F2N6O2S/c1-8-20-14-12(15(25)22-16-21-13(18)7-27-16)3-11(6-24(14)23-8)26-10-2-9(17)4-19-5-10/h2-7H,1H3,(H,21,22,25). The summed E-state index contributed by atoms with van der Waals surface area (Å²) in [7, 11) is 0. The fourth-order valence-electron chi connectivity index (χ4n) is 2.35. The number of nitrogens with zero attached hydrogens (tertiary/aromatic N) is 5. The molecule has 136 valence electrons. The zero-order valence-electron chi connectivity index (χ0n) is 13.7. The number of carbonyl (C=O) groups is 1. The molecule has 0 bridgehead atoms. The molecule has 0 unspecified atom stereocenters. The van der Waals surface area contributed by atoms with Crippen molar-refractivity contribution < 1.29 is 18.3 Å². The van der Waals surface area contributed by atoms with Crippen LogP contribution in [0.25, 0.3) is 5.65 Å². The number of halogens is 2. The van der Waals surface area contributed by atoms with Crippen LogP contribution in [0.1, 0.15) is 16.2 Å². The van der Waals surface area contributed by atoms with E-state index in [1.807, 2.05) is 0 Å². The molecule has 4 aromatic heterocycles. The number of hydrogen-bond donors (Lipinski definition) is 1. The van der Waals surface area contributed by atoms with Crippen LogP contribution < -0.4 is 10.1 Å². The lowest BCUT2D eigenvalue weighted by Gasteiger charge is -2.08. The largest absolute Gasteiger partial charge is 0.454 e. The molecule has 11 heteroatoms. The van der Waals surface area contributed by atoms with Gasteiger partial charge >= 0.3 is 0 Å². The van der Waals surface area contributed by atoms with E-state index < -0.39 is 17.7 Å². The van der Waals surface area contributed by atoms with E-state index in [4.69, 9.17) is 4.74 Å². The van der Waals surface area contributed by atoms with Gasteiger partial charge in [-0.2, -0.15) is 14.5 Å². The summed E-state index contributed by atoms with van der Waals surface area (Å²) in [5, 5.41) is 7.94. The van der Waals surface area contributed by atoms with Gasteiger partial charge in [0.25, 0.3) is 5.91 Å². The Bertz CT molecular complexity index is 1160. The van der Waals surface area contributed by atoms with Crippen molar-refractivity contribution in [2.24, 2.45) is 0 Å². The maximum absolute atomic E-state index is 13.3. The van der Waals surface area contributed by atoms with Crippen molar-refractivity contribution in [3.63, 3.8) is 0 Å². The molecule has 0 atom stereocenters. The maximum Gasteiger partial charge on any atom is 0.261 e. The van der Waals surface area contributed by atoms with E-state index in [0.29, 0.717) is 5.82 Å². The van der Waals surface area contributed by atoms with E-state index in [1.165, 1.54) is 28.4 Å². The van der Waals surface area contributed by atoms with Crippen LogP contribution in [0.5, 0.6) is 11.5 Å². The Morgan fingerprint density at radius 3 is 2.81 bits per heavy atom. The number of rotatable bonds is 4. The lowest BCUT2D eigenvalue weighted by molar-refractivity contribution is 0.102. The van der Waals surface area contributed by atoms with E-state index >= 15 is 0 Å². The quantitative estimate of drug-likeness (QED) is 0.577. The first-order valence-electron chi connectivity index (χ1n) is 7.56. The third-order valence-corrected chi connectivity index (χ3v) is 4.10. The zero-order chi connectivity index (χ0) is 19.0. The van der Waals surface area contributed by atoms with Gasteiger partial charge in [-0.1, -0.05) is 0 Å². The molecule has 4 heterocycles. The van der Waals surface area contributed by atoms with Crippen LogP contribution in [0, 0.1) is 18.7 Å². The average molecular weight is 388 g/mol. The highest BCUT2D eigenvalue weighted by molar-refractivity contribution is 7.13. The minimum atomic E-state index is -0.686. The predicted octanol–water partition coefficient (Wildman–Crippen LogP) is 3.21. The van der Waals surface area contributed by atoms with Gasteiger partial charge in [0, 0.05) is 11.4 Å². The van der Waals surface area contributed by atoms with Crippen LogP contribution in [-0.4, -0.2) is 30.5 Å². The van der Waals surface area contributed by atoms with Crippen molar-refractivity contribution in [2.75, 3.05) is 5.32 Å². The SMILES string of the molecule is Cc1nc2c(C(=O)Nc3nc(F)cs3)cc(Oc3cncc(F)c3)cn2n1. The highest BCUT2D eigenvalue weighted by Crippen LogP contribution is 2.25. The number of amides is 1. The van der Waals surface area contributed by atoms with E-state index in [0.717, 1.165) is 23.6 Å². The van der Waals surface area contributed by atoms with Crippen LogP contribution in [0.15, 0.2) is 36.1 Å². The molecule has 0 saturated carbocycles. The molecule has 0 aliphatic heterocycles. The molecule has 0 fully saturated rings. The van der Waals surface area contributed by atoms with Crippen molar-refractivity contribution in [3.05, 3.63) is 59.3 Å². The first-order valence-corrected chi connectivity index (χ1v) is 8.44. The van der Waals surface area contributed by atoms with Gasteiger partial charge in [0.15, 0.2) is 10.8 Å². The minimum Gasteiger partial charge on any atom is -0.454 e. The first-order chi connectivity index (χ1) is 13.0. The second-order valence-electron chi connectivity index (χ2n) is 5.39. The number of ether oxygens (including phenoxy) is 1. The summed E-state index contributed by atoms with van der Waals surface area (Å²) in [6, 6.07) is 2.58.